The predicted molar refractivity (Wildman–Crippen MR) is 254 cm³/mol. The lowest BCUT2D eigenvalue weighted by molar-refractivity contribution is 1.18. The van der Waals surface area contributed by atoms with E-state index >= 15 is 0 Å². The van der Waals surface area contributed by atoms with Gasteiger partial charge in [0, 0.05) is 54.9 Å². The van der Waals surface area contributed by atoms with Crippen LogP contribution in [0.5, 0.6) is 0 Å². The molecule has 0 atom stereocenters. The zero-order chi connectivity index (χ0) is 40.3. The van der Waals surface area contributed by atoms with Crippen molar-refractivity contribution in [2.24, 2.45) is 0 Å². The van der Waals surface area contributed by atoms with Crippen LogP contribution in [0, 0.1) is 0 Å². The second kappa shape index (κ2) is 14.3. The number of aromatic nitrogens is 4. The third kappa shape index (κ3) is 5.96. The van der Waals surface area contributed by atoms with Crippen LogP contribution in [0.25, 0.3) is 116 Å². The van der Waals surface area contributed by atoms with Gasteiger partial charge in [0.15, 0.2) is 5.82 Å². The SMILES string of the molecule is c1ccc(-c2cc(-c3ccc(-c4ccc5c(c4)nc(-c4ccc6ccccc6c4)c4ccc6c(c7ccccc7n6-c6ccccc6)c45)cc3)nc(-c3ccccc3)n2)cc1. The van der Waals surface area contributed by atoms with Gasteiger partial charge in [-0.1, -0.05) is 176 Å². The number of nitrogens with zero attached hydrogens (tertiary/aromatic N) is 4. The summed E-state index contributed by atoms with van der Waals surface area (Å²) >= 11 is 0. The van der Waals surface area contributed by atoms with E-state index in [2.05, 4.69) is 187 Å². The summed E-state index contributed by atoms with van der Waals surface area (Å²) in [6.07, 6.45) is 0. The van der Waals surface area contributed by atoms with E-state index in [-0.39, 0.29) is 0 Å². The molecule has 9 aromatic carbocycles. The van der Waals surface area contributed by atoms with Gasteiger partial charge in [0.05, 0.1) is 33.6 Å². The third-order valence-corrected chi connectivity index (χ3v) is 12.0. The summed E-state index contributed by atoms with van der Waals surface area (Å²) in [7, 11) is 0. The molecular formula is C57H36N4. The highest BCUT2D eigenvalue weighted by Crippen LogP contribution is 2.43. The summed E-state index contributed by atoms with van der Waals surface area (Å²) < 4.78 is 2.39. The van der Waals surface area contributed by atoms with Crippen molar-refractivity contribution in [1.82, 2.24) is 19.5 Å². The molecule has 0 radical (unpaired) electrons. The molecule has 0 aliphatic heterocycles. The van der Waals surface area contributed by atoms with Crippen LogP contribution >= 0.6 is 0 Å². The number of para-hydroxylation sites is 2. The average molecular weight is 777 g/mol. The van der Waals surface area contributed by atoms with Crippen LogP contribution in [0.3, 0.4) is 0 Å². The maximum atomic E-state index is 5.54. The molecule has 3 heterocycles. The van der Waals surface area contributed by atoms with Crippen molar-refractivity contribution in [3.8, 4) is 62.0 Å². The van der Waals surface area contributed by atoms with Gasteiger partial charge in [0.25, 0.3) is 0 Å². The standard InChI is InChI=1S/C57H36N4/c1-4-15-39(16-5-1)49-36-50(60-57(59-49)41-17-6-2-7-18-41)40-27-24-38(25-28-40)43-30-31-46-51(35-43)58-56(44-29-26-37-14-10-11-19-42(37)34-44)48-32-33-53-55(54(46)48)47-22-12-13-23-52(47)61(53)45-20-8-3-9-21-45/h1-36H. The molecule has 0 N–H and O–H groups in total. The highest BCUT2D eigenvalue weighted by Gasteiger charge is 2.20. The van der Waals surface area contributed by atoms with Crippen molar-refractivity contribution in [3.05, 3.63) is 218 Å². The molecule has 0 spiro atoms. The Morgan fingerprint density at radius 2 is 0.902 bits per heavy atom. The topological polar surface area (TPSA) is 43.6 Å². The van der Waals surface area contributed by atoms with Crippen molar-refractivity contribution in [2.45, 2.75) is 0 Å². The summed E-state index contributed by atoms with van der Waals surface area (Å²) in [6.45, 7) is 0. The number of rotatable bonds is 6. The molecule has 61 heavy (non-hydrogen) atoms. The molecular weight excluding hydrogens is 741 g/mol. The van der Waals surface area contributed by atoms with Gasteiger partial charge in [-0.2, -0.15) is 0 Å². The number of fused-ring (bicyclic) bond motifs is 8. The van der Waals surface area contributed by atoms with Gasteiger partial charge in [-0.05, 0) is 64.4 Å². The summed E-state index contributed by atoms with van der Waals surface area (Å²) in [6, 6.07) is 77.4. The van der Waals surface area contributed by atoms with Crippen molar-refractivity contribution in [3.63, 3.8) is 0 Å². The lowest BCUT2D eigenvalue weighted by Gasteiger charge is -2.14. The average Bonchev–Trinajstić information content (AvgIpc) is 3.68. The van der Waals surface area contributed by atoms with Crippen LogP contribution in [0.1, 0.15) is 0 Å². The fourth-order valence-corrected chi connectivity index (χ4v) is 9.05. The first kappa shape index (κ1) is 34.8. The van der Waals surface area contributed by atoms with Gasteiger partial charge in [-0.15, -0.1) is 0 Å². The van der Waals surface area contributed by atoms with Crippen LogP contribution in [-0.4, -0.2) is 19.5 Å². The number of hydrogen-bond acceptors (Lipinski definition) is 3. The molecule has 0 amide bonds. The van der Waals surface area contributed by atoms with Gasteiger partial charge >= 0.3 is 0 Å². The molecule has 12 aromatic rings. The molecule has 0 aliphatic carbocycles. The molecule has 0 bridgehead atoms. The number of benzene rings is 9. The minimum atomic E-state index is 0.706. The number of hydrogen-bond donors (Lipinski definition) is 0. The molecule has 12 rings (SSSR count). The first-order valence-electron chi connectivity index (χ1n) is 20.7. The molecule has 0 fully saturated rings. The third-order valence-electron chi connectivity index (χ3n) is 12.0. The first-order chi connectivity index (χ1) is 30.2. The van der Waals surface area contributed by atoms with Crippen LogP contribution in [0.2, 0.25) is 0 Å². The molecule has 4 heteroatoms. The van der Waals surface area contributed by atoms with Crippen LogP contribution in [0.4, 0.5) is 0 Å². The molecule has 284 valence electrons. The minimum absolute atomic E-state index is 0.706. The Balaban J connectivity index is 1.04. The molecule has 0 saturated heterocycles. The van der Waals surface area contributed by atoms with Crippen molar-refractivity contribution in [2.75, 3.05) is 0 Å². The zero-order valence-corrected chi connectivity index (χ0v) is 33.1. The van der Waals surface area contributed by atoms with E-state index in [1.54, 1.807) is 0 Å². The van der Waals surface area contributed by atoms with E-state index in [1.165, 1.54) is 38.0 Å². The van der Waals surface area contributed by atoms with E-state index in [9.17, 15) is 0 Å². The lowest BCUT2D eigenvalue weighted by Crippen LogP contribution is -1.96. The Labute approximate surface area is 352 Å². The van der Waals surface area contributed by atoms with E-state index in [4.69, 9.17) is 15.0 Å². The Kier molecular flexibility index (Phi) is 8.13. The highest BCUT2D eigenvalue weighted by molar-refractivity contribution is 6.29. The Hall–Kier alpha value is -8.21. The number of pyridine rings is 1. The Morgan fingerprint density at radius 3 is 1.67 bits per heavy atom. The lowest BCUT2D eigenvalue weighted by atomic mass is 9.94. The van der Waals surface area contributed by atoms with E-state index in [1.807, 2.05) is 36.4 Å². The van der Waals surface area contributed by atoms with Crippen molar-refractivity contribution < 1.29 is 0 Å². The summed E-state index contributed by atoms with van der Waals surface area (Å²) in [5.41, 5.74) is 13.6. The van der Waals surface area contributed by atoms with Gasteiger partial charge in [-0.25, -0.2) is 15.0 Å². The van der Waals surface area contributed by atoms with Crippen LogP contribution < -0.4 is 0 Å². The summed E-state index contributed by atoms with van der Waals surface area (Å²) in [4.78, 5) is 15.6. The molecule has 0 saturated carbocycles. The highest BCUT2D eigenvalue weighted by atomic mass is 15.0. The van der Waals surface area contributed by atoms with Crippen LogP contribution in [-0.2, 0) is 0 Å². The monoisotopic (exact) mass is 776 g/mol. The van der Waals surface area contributed by atoms with Gasteiger partial charge < -0.3 is 4.57 Å². The van der Waals surface area contributed by atoms with E-state index in [0.29, 0.717) is 5.82 Å². The molecule has 3 aromatic heterocycles. The summed E-state index contributed by atoms with van der Waals surface area (Å²) in [5, 5.41) is 8.34. The maximum Gasteiger partial charge on any atom is 0.160 e. The predicted octanol–water partition coefficient (Wildman–Crippen LogP) is 14.8. The normalized spacial score (nSPS) is 11.6. The fraction of sp³-hybridized carbons (Fsp3) is 0. The maximum absolute atomic E-state index is 5.54. The van der Waals surface area contributed by atoms with Gasteiger partial charge in [0.1, 0.15) is 0 Å². The second-order valence-electron chi connectivity index (χ2n) is 15.6. The zero-order valence-electron chi connectivity index (χ0n) is 33.1. The van der Waals surface area contributed by atoms with Crippen LogP contribution in [0.15, 0.2) is 218 Å². The van der Waals surface area contributed by atoms with E-state index in [0.717, 1.165) is 72.4 Å². The van der Waals surface area contributed by atoms with Crippen molar-refractivity contribution in [1.29, 1.82) is 0 Å². The Morgan fingerprint density at radius 1 is 0.311 bits per heavy atom. The quantitative estimate of drug-likeness (QED) is 0.158. The van der Waals surface area contributed by atoms with E-state index < -0.39 is 0 Å². The molecule has 0 unspecified atom stereocenters. The summed E-state index contributed by atoms with van der Waals surface area (Å²) in [5.74, 6) is 0.706. The van der Waals surface area contributed by atoms with Gasteiger partial charge in [-0.3, -0.25) is 0 Å². The fourth-order valence-electron chi connectivity index (χ4n) is 9.05. The molecule has 4 nitrogen and oxygen atoms in total. The first-order valence-corrected chi connectivity index (χ1v) is 20.7. The smallest absolute Gasteiger partial charge is 0.160 e. The van der Waals surface area contributed by atoms with Gasteiger partial charge in [0.2, 0.25) is 0 Å². The Bertz CT molecular complexity index is 3560. The van der Waals surface area contributed by atoms with Crippen molar-refractivity contribution >= 4 is 54.3 Å². The molecule has 0 aliphatic rings. The largest absolute Gasteiger partial charge is 0.309 e. The second-order valence-corrected chi connectivity index (χ2v) is 15.6. The minimum Gasteiger partial charge on any atom is -0.309 e.